The molecule has 7 heteroatoms. The van der Waals surface area contributed by atoms with Crippen molar-refractivity contribution in [3.8, 4) is 6.07 Å². The summed E-state index contributed by atoms with van der Waals surface area (Å²) in [6.07, 6.45) is 0. The van der Waals surface area contributed by atoms with Gasteiger partial charge in [-0.3, -0.25) is 14.9 Å². The average molecular weight is 304 g/mol. The van der Waals surface area contributed by atoms with E-state index in [2.05, 4.69) is 5.32 Å². The van der Waals surface area contributed by atoms with E-state index in [-0.39, 0.29) is 29.2 Å². The molecule has 7 nitrogen and oxygen atoms in total. The number of nitriles is 1. The normalized spacial score (nSPS) is 10.7. The molecule has 1 aromatic carbocycles. The number of anilines is 1. The van der Waals surface area contributed by atoms with Gasteiger partial charge in [0.15, 0.2) is 0 Å². The van der Waals surface area contributed by atoms with Crippen LogP contribution in [0.1, 0.15) is 33.3 Å². The van der Waals surface area contributed by atoms with Crippen molar-refractivity contribution in [1.29, 1.82) is 5.26 Å². The van der Waals surface area contributed by atoms with E-state index >= 15 is 0 Å². The van der Waals surface area contributed by atoms with Crippen molar-refractivity contribution < 1.29 is 9.72 Å². The van der Waals surface area contributed by atoms with E-state index < -0.39 is 4.92 Å². The summed E-state index contributed by atoms with van der Waals surface area (Å²) in [4.78, 5) is 24.0. The first-order valence-electron chi connectivity index (χ1n) is 6.92. The third-order valence-electron chi connectivity index (χ3n) is 2.88. The highest BCUT2D eigenvalue weighted by atomic mass is 16.6. The number of carbonyl (C=O) groups is 1. The van der Waals surface area contributed by atoms with Gasteiger partial charge in [0.05, 0.1) is 22.7 Å². The fourth-order valence-corrected chi connectivity index (χ4v) is 2.00. The van der Waals surface area contributed by atoms with Crippen molar-refractivity contribution in [3.05, 3.63) is 33.9 Å². The first-order chi connectivity index (χ1) is 10.2. The summed E-state index contributed by atoms with van der Waals surface area (Å²) in [6, 6.07) is 6.01. The first-order valence-corrected chi connectivity index (χ1v) is 6.92. The van der Waals surface area contributed by atoms with Gasteiger partial charge in [-0.15, -0.1) is 0 Å². The van der Waals surface area contributed by atoms with Crippen molar-refractivity contribution in [2.45, 2.75) is 33.2 Å². The largest absolute Gasteiger partial charge is 0.361 e. The number of carbonyl (C=O) groups excluding carboxylic acids is 1. The molecule has 1 amide bonds. The van der Waals surface area contributed by atoms with Crippen molar-refractivity contribution >= 4 is 17.3 Å². The average Bonchev–Trinajstić information content (AvgIpc) is 2.42. The number of likely N-dealkylation sites (N-methyl/N-ethyl adjacent to an activating group) is 1. The van der Waals surface area contributed by atoms with E-state index in [9.17, 15) is 20.2 Å². The fourth-order valence-electron chi connectivity index (χ4n) is 2.00. The monoisotopic (exact) mass is 304 g/mol. The number of nitrogens with zero attached hydrogens (tertiary/aromatic N) is 3. The molecule has 1 aromatic rings. The smallest absolute Gasteiger partial charge is 0.270 e. The van der Waals surface area contributed by atoms with Crippen LogP contribution in [0, 0.1) is 21.4 Å². The topological polar surface area (TPSA) is 99.3 Å². The van der Waals surface area contributed by atoms with E-state index in [1.807, 2.05) is 33.8 Å². The highest BCUT2D eigenvalue weighted by Crippen LogP contribution is 2.24. The van der Waals surface area contributed by atoms with E-state index in [1.54, 1.807) is 4.90 Å². The minimum atomic E-state index is -0.548. The highest BCUT2D eigenvalue weighted by Gasteiger charge is 2.19. The SMILES string of the molecule is CCN(CC(=O)NC(C)(C)C)c1ccc([N+](=O)[O-])cc1C#N. The Morgan fingerprint density at radius 3 is 2.55 bits per heavy atom. The molecular formula is C15H20N4O3. The molecule has 0 saturated heterocycles. The van der Waals surface area contributed by atoms with Crippen LogP contribution in [-0.4, -0.2) is 29.5 Å². The molecule has 1 rings (SSSR count). The van der Waals surface area contributed by atoms with Crippen molar-refractivity contribution in [1.82, 2.24) is 5.32 Å². The standard InChI is InChI=1S/C15H20N4O3/c1-5-18(10-14(20)17-15(2,3)4)13-7-6-12(19(21)22)8-11(13)9-16/h6-8H,5,10H2,1-4H3,(H,17,20). The predicted octanol–water partition coefficient (Wildman–Crippen LogP) is 2.21. The molecule has 1 N–H and O–H groups in total. The quantitative estimate of drug-likeness (QED) is 0.664. The zero-order chi connectivity index (χ0) is 16.9. The molecule has 0 aliphatic carbocycles. The summed E-state index contributed by atoms with van der Waals surface area (Å²) in [5, 5.41) is 22.8. The van der Waals surface area contributed by atoms with Gasteiger partial charge in [0.2, 0.25) is 5.91 Å². The lowest BCUT2D eigenvalue weighted by molar-refractivity contribution is -0.384. The van der Waals surface area contributed by atoms with E-state index in [1.165, 1.54) is 18.2 Å². The maximum Gasteiger partial charge on any atom is 0.270 e. The Labute approximate surface area is 129 Å². The summed E-state index contributed by atoms with van der Waals surface area (Å²) in [7, 11) is 0. The van der Waals surface area contributed by atoms with Crippen LogP contribution in [0.15, 0.2) is 18.2 Å². The van der Waals surface area contributed by atoms with Gasteiger partial charge in [0, 0.05) is 24.2 Å². The third-order valence-corrected chi connectivity index (χ3v) is 2.88. The lowest BCUT2D eigenvalue weighted by atomic mass is 10.1. The third kappa shape index (κ3) is 4.74. The van der Waals surface area contributed by atoms with Crippen LogP contribution in [0.25, 0.3) is 0 Å². The second-order valence-corrected chi connectivity index (χ2v) is 5.88. The molecular weight excluding hydrogens is 284 g/mol. The van der Waals surface area contributed by atoms with Crippen molar-refractivity contribution in [3.63, 3.8) is 0 Å². The lowest BCUT2D eigenvalue weighted by Gasteiger charge is -2.26. The Hall–Kier alpha value is -2.62. The van der Waals surface area contributed by atoms with E-state index in [0.717, 1.165) is 0 Å². The van der Waals surface area contributed by atoms with Crippen molar-refractivity contribution in [2.75, 3.05) is 18.0 Å². The van der Waals surface area contributed by atoms with Crippen molar-refractivity contribution in [2.24, 2.45) is 0 Å². The minimum Gasteiger partial charge on any atom is -0.361 e. The second kappa shape index (κ2) is 6.89. The maximum absolute atomic E-state index is 12.0. The van der Waals surface area contributed by atoms with Gasteiger partial charge in [0.25, 0.3) is 5.69 Å². The second-order valence-electron chi connectivity index (χ2n) is 5.88. The Bertz CT molecular complexity index is 614. The van der Waals surface area contributed by atoms with Crippen LogP contribution in [0.5, 0.6) is 0 Å². The van der Waals surface area contributed by atoms with Gasteiger partial charge in [-0.2, -0.15) is 5.26 Å². The number of rotatable bonds is 5. The Kier molecular flexibility index (Phi) is 5.46. The van der Waals surface area contributed by atoms with Crippen LogP contribution in [0.3, 0.4) is 0 Å². The zero-order valence-corrected chi connectivity index (χ0v) is 13.2. The Balaban J connectivity index is 3.03. The Morgan fingerprint density at radius 1 is 1.45 bits per heavy atom. The van der Waals surface area contributed by atoms with Crippen LogP contribution in [0.2, 0.25) is 0 Å². The predicted molar refractivity (Wildman–Crippen MR) is 83.6 cm³/mol. The molecule has 0 spiro atoms. The molecule has 0 radical (unpaired) electrons. The number of nitro benzene ring substituents is 1. The lowest BCUT2D eigenvalue weighted by Crippen LogP contribution is -2.46. The van der Waals surface area contributed by atoms with E-state index in [4.69, 9.17) is 0 Å². The van der Waals surface area contributed by atoms with Crippen LogP contribution in [0.4, 0.5) is 11.4 Å². The Morgan fingerprint density at radius 2 is 2.09 bits per heavy atom. The number of non-ortho nitro benzene ring substituents is 1. The summed E-state index contributed by atoms with van der Waals surface area (Å²) in [6.45, 7) is 8.09. The number of nitrogens with one attached hydrogen (secondary N) is 1. The maximum atomic E-state index is 12.0. The molecule has 0 atom stereocenters. The summed E-state index contributed by atoms with van der Waals surface area (Å²) < 4.78 is 0. The number of nitro groups is 1. The van der Waals surface area contributed by atoms with Gasteiger partial charge in [0.1, 0.15) is 6.07 Å². The first kappa shape index (κ1) is 17.4. The molecule has 0 aromatic heterocycles. The molecule has 0 saturated carbocycles. The molecule has 0 heterocycles. The molecule has 0 fully saturated rings. The minimum absolute atomic E-state index is 0.0836. The summed E-state index contributed by atoms with van der Waals surface area (Å²) in [5.41, 5.74) is 0.207. The zero-order valence-electron chi connectivity index (χ0n) is 13.2. The van der Waals surface area contributed by atoms with Crippen LogP contribution >= 0.6 is 0 Å². The molecule has 22 heavy (non-hydrogen) atoms. The van der Waals surface area contributed by atoms with E-state index in [0.29, 0.717) is 12.2 Å². The fraction of sp³-hybridized carbons (Fsp3) is 0.467. The number of hydrogen-bond acceptors (Lipinski definition) is 5. The molecule has 0 unspecified atom stereocenters. The van der Waals surface area contributed by atoms with Crippen LogP contribution < -0.4 is 10.2 Å². The van der Waals surface area contributed by atoms with Gasteiger partial charge in [-0.05, 0) is 33.8 Å². The molecule has 0 aliphatic heterocycles. The molecule has 0 bridgehead atoms. The molecule has 118 valence electrons. The van der Waals surface area contributed by atoms with Crippen LogP contribution in [-0.2, 0) is 4.79 Å². The highest BCUT2D eigenvalue weighted by molar-refractivity contribution is 5.82. The van der Waals surface area contributed by atoms with Gasteiger partial charge >= 0.3 is 0 Å². The molecule has 0 aliphatic rings. The van der Waals surface area contributed by atoms with Gasteiger partial charge in [-0.25, -0.2) is 0 Å². The number of benzene rings is 1. The van der Waals surface area contributed by atoms with Gasteiger partial charge in [-0.1, -0.05) is 0 Å². The summed E-state index contributed by atoms with van der Waals surface area (Å²) in [5.74, 6) is -0.170. The number of amides is 1. The van der Waals surface area contributed by atoms with Gasteiger partial charge < -0.3 is 10.2 Å². The number of hydrogen-bond donors (Lipinski definition) is 1. The summed E-state index contributed by atoms with van der Waals surface area (Å²) >= 11 is 0.